The van der Waals surface area contributed by atoms with Crippen LogP contribution in [0.3, 0.4) is 0 Å². The van der Waals surface area contributed by atoms with Crippen LogP contribution in [-0.2, 0) is 13.1 Å². The van der Waals surface area contributed by atoms with Crippen molar-refractivity contribution in [3.63, 3.8) is 0 Å². The lowest BCUT2D eigenvalue weighted by Gasteiger charge is -2.09. The van der Waals surface area contributed by atoms with E-state index in [0.717, 1.165) is 24.6 Å². The van der Waals surface area contributed by atoms with Crippen LogP contribution in [0.2, 0.25) is 0 Å². The highest BCUT2D eigenvalue weighted by atomic mass is 16.5. The van der Waals surface area contributed by atoms with Gasteiger partial charge in [-0.2, -0.15) is 0 Å². The van der Waals surface area contributed by atoms with Crippen molar-refractivity contribution in [3.05, 3.63) is 53.9 Å². The molecule has 2 rings (SSSR count). The molecular weight excluding hydrogens is 240 g/mol. The first-order chi connectivity index (χ1) is 9.33. The highest BCUT2D eigenvalue weighted by molar-refractivity contribution is 5.42. The molecule has 1 heterocycles. The molecule has 0 fully saturated rings. The molecular formula is C15H19N2O2+. The minimum Gasteiger partial charge on any atom is -0.493 e. The van der Waals surface area contributed by atoms with Gasteiger partial charge in [0.15, 0.2) is 11.5 Å². The van der Waals surface area contributed by atoms with E-state index in [9.17, 15) is 0 Å². The highest BCUT2D eigenvalue weighted by Gasteiger charge is 2.05. The molecule has 0 saturated carbocycles. The first-order valence-electron chi connectivity index (χ1n) is 6.25. The molecule has 0 unspecified atom stereocenters. The summed E-state index contributed by atoms with van der Waals surface area (Å²) in [4.78, 5) is 4.01. The number of benzene rings is 1. The molecule has 100 valence electrons. The molecule has 0 bridgehead atoms. The molecule has 2 aromatic rings. The lowest BCUT2D eigenvalue weighted by Crippen LogP contribution is -2.80. The summed E-state index contributed by atoms with van der Waals surface area (Å²) >= 11 is 0. The average Bonchev–Trinajstić information content (AvgIpc) is 2.48. The van der Waals surface area contributed by atoms with E-state index in [1.165, 1.54) is 11.1 Å². The predicted molar refractivity (Wildman–Crippen MR) is 73.1 cm³/mol. The molecule has 0 aliphatic rings. The van der Waals surface area contributed by atoms with Crippen LogP contribution in [0.4, 0.5) is 0 Å². The monoisotopic (exact) mass is 259 g/mol. The largest absolute Gasteiger partial charge is 0.493 e. The second-order valence-corrected chi connectivity index (χ2v) is 4.24. The number of quaternary nitrogens is 1. The fraction of sp³-hybridized carbons (Fsp3) is 0.267. The van der Waals surface area contributed by atoms with E-state index in [4.69, 9.17) is 9.47 Å². The zero-order valence-corrected chi connectivity index (χ0v) is 11.3. The van der Waals surface area contributed by atoms with Gasteiger partial charge in [-0.15, -0.1) is 0 Å². The third-order valence-electron chi connectivity index (χ3n) is 2.96. The number of methoxy groups -OCH3 is 2. The molecule has 0 spiro atoms. The summed E-state index contributed by atoms with van der Waals surface area (Å²) < 4.78 is 10.5. The zero-order valence-electron chi connectivity index (χ0n) is 11.3. The van der Waals surface area contributed by atoms with Gasteiger partial charge in [0.2, 0.25) is 0 Å². The molecule has 0 amide bonds. The van der Waals surface area contributed by atoms with Gasteiger partial charge < -0.3 is 14.8 Å². The first-order valence-corrected chi connectivity index (χ1v) is 6.25. The van der Waals surface area contributed by atoms with Crippen LogP contribution in [0, 0.1) is 0 Å². The number of nitrogens with two attached hydrogens (primary N) is 1. The zero-order chi connectivity index (χ0) is 13.5. The maximum atomic E-state index is 5.29. The number of aromatic nitrogens is 1. The second kappa shape index (κ2) is 6.75. The SMILES string of the molecule is COc1ccc(C[NH2+]Cc2ccncc2)cc1OC. The standard InChI is InChI=1S/C15H18N2O2/c1-18-14-4-3-13(9-15(14)19-2)11-17-10-12-5-7-16-8-6-12/h3-9,17H,10-11H2,1-2H3/p+1. The number of hydrogen-bond donors (Lipinski definition) is 1. The van der Waals surface area contributed by atoms with Crippen molar-refractivity contribution in [2.24, 2.45) is 0 Å². The van der Waals surface area contributed by atoms with Gasteiger partial charge in [-0.05, 0) is 30.3 Å². The molecule has 0 aliphatic heterocycles. The van der Waals surface area contributed by atoms with Gasteiger partial charge in [0.25, 0.3) is 0 Å². The van der Waals surface area contributed by atoms with Gasteiger partial charge in [0.1, 0.15) is 13.1 Å². The minimum atomic E-state index is 0.764. The molecule has 0 atom stereocenters. The number of rotatable bonds is 6. The number of pyridine rings is 1. The van der Waals surface area contributed by atoms with Crippen LogP contribution < -0.4 is 14.8 Å². The van der Waals surface area contributed by atoms with E-state index in [2.05, 4.69) is 16.4 Å². The maximum absolute atomic E-state index is 5.29. The van der Waals surface area contributed by atoms with E-state index >= 15 is 0 Å². The van der Waals surface area contributed by atoms with Gasteiger partial charge in [0.05, 0.1) is 14.2 Å². The maximum Gasteiger partial charge on any atom is 0.161 e. The van der Waals surface area contributed by atoms with Gasteiger partial charge in [0, 0.05) is 23.5 Å². The van der Waals surface area contributed by atoms with Crippen molar-refractivity contribution < 1.29 is 14.8 Å². The molecule has 0 aliphatic carbocycles. The Morgan fingerprint density at radius 2 is 1.58 bits per heavy atom. The third kappa shape index (κ3) is 3.69. The lowest BCUT2D eigenvalue weighted by atomic mass is 10.2. The van der Waals surface area contributed by atoms with Gasteiger partial charge >= 0.3 is 0 Å². The van der Waals surface area contributed by atoms with E-state index < -0.39 is 0 Å². The van der Waals surface area contributed by atoms with Crippen LogP contribution >= 0.6 is 0 Å². The fourth-order valence-electron chi connectivity index (χ4n) is 1.93. The highest BCUT2D eigenvalue weighted by Crippen LogP contribution is 2.27. The van der Waals surface area contributed by atoms with Crippen LogP contribution in [0.5, 0.6) is 11.5 Å². The van der Waals surface area contributed by atoms with Gasteiger partial charge in [-0.3, -0.25) is 4.98 Å². The van der Waals surface area contributed by atoms with Gasteiger partial charge in [-0.25, -0.2) is 0 Å². The Hall–Kier alpha value is -2.07. The summed E-state index contributed by atoms with van der Waals surface area (Å²) in [6, 6.07) is 10.1. The Kier molecular flexibility index (Phi) is 4.75. The Morgan fingerprint density at radius 3 is 2.26 bits per heavy atom. The van der Waals surface area contributed by atoms with Crippen molar-refractivity contribution in [1.29, 1.82) is 0 Å². The smallest absolute Gasteiger partial charge is 0.161 e. The Labute approximate surface area is 113 Å². The van der Waals surface area contributed by atoms with E-state index in [0.29, 0.717) is 0 Å². The van der Waals surface area contributed by atoms with Crippen LogP contribution in [0.25, 0.3) is 0 Å². The second-order valence-electron chi connectivity index (χ2n) is 4.24. The normalized spacial score (nSPS) is 10.2. The van der Waals surface area contributed by atoms with Crippen molar-refractivity contribution in [2.45, 2.75) is 13.1 Å². The molecule has 2 N–H and O–H groups in total. The molecule has 0 radical (unpaired) electrons. The third-order valence-corrected chi connectivity index (χ3v) is 2.96. The summed E-state index contributed by atoms with van der Waals surface area (Å²) in [5.41, 5.74) is 2.49. The number of hydrogen-bond acceptors (Lipinski definition) is 3. The number of ether oxygens (including phenoxy) is 2. The fourth-order valence-corrected chi connectivity index (χ4v) is 1.93. The quantitative estimate of drug-likeness (QED) is 0.852. The topological polar surface area (TPSA) is 48.0 Å². The van der Waals surface area contributed by atoms with E-state index in [-0.39, 0.29) is 0 Å². The number of nitrogens with zero attached hydrogens (tertiary/aromatic N) is 1. The molecule has 1 aromatic carbocycles. The molecule has 0 saturated heterocycles. The van der Waals surface area contributed by atoms with Crippen molar-refractivity contribution in [1.82, 2.24) is 4.98 Å². The van der Waals surface area contributed by atoms with Crippen molar-refractivity contribution >= 4 is 0 Å². The summed E-state index contributed by atoms with van der Waals surface area (Å²) in [5.74, 6) is 1.54. The van der Waals surface area contributed by atoms with Crippen LogP contribution in [0.1, 0.15) is 11.1 Å². The van der Waals surface area contributed by atoms with Gasteiger partial charge in [-0.1, -0.05) is 0 Å². The lowest BCUT2D eigenvalue weighted by molar-refractivity contribution is -0.686. The summed E-state index contributed by atoms with van der Waals surface area (Å²) in [6.45, 7) is 1.85. The average molecular weight is 259 g/mol. The Morgan fingerprint density at radius 1 is 0.895 bits per heavy atom. The van der Waals surface area contributed by atoms with Crippen molar-refractivity contribution in [2.75, 3.05) is 14.2 Å². The van der Waals surface area contributed by atoms with Crippen molar-refractivity contribution in [3.8, 4) is 11.5 Å². The Bertz CT molecular complexity index is 515. The predicted octanol–water partition coefficient (Wildman–Crippen LogP) is 1.36. The Balaban J connectivity index is 1.93. The van der Waals surface area contributed by atoms with Crippen LogP contribution in [0.15, 0.2) is 42.7 Å². The van der Waals surface area contributed by atoms with E-state index in [1.54, 1.807) is 14.2 Å². The summed E-state index contributed by atoms with van der Waals surface area (Å²) in [7, 11) is 3.30. The molecule has 4 nitrogen and oxygen atoms in total. The molecule has 19 heavy (non-hydrogen) atoms. The first kappa shape index (κ1) is 13.4. The molecule has 4 heteroatoms. The van der Waals surface area contributed by atoms with Crippen LogP contribution in [-0.4, -0.2) is 19.2 Å². The minimum absolute atomic E-state index is 0.764. The summed E-state index contributed by atoms with van der Waals surface area (Å²) in [6.07, 6.45) is 3.64. The van der Waals surface area contributed by atoms with E-state index in [1.807, 2.05) is 36.7 Å². The molecule has 1 aromatic heterocycles. The summed E-state index contributed by atoms with van der Waals surface area (Å²) in [5, 5.41) is 2.25.